The third-order valence-corrected chi connectivity index (χ3v) is 7.72. The molecule has 0 spiro atoms. The van der Waals surface area contributed by atoms with Gasteiger partial charge >= 0.3 is 0 Å². The highest BCUT2D eigenvalue weighted by atomic mass is 16.7. The maximum atomic E-state index is 6.80. The lowest BCUT2D eigenvalue weighted by molar-refractivity contribution is -0.206. The van der Waals surface area contributed by atoms with Crippen molar-refractivity contribution in [3.63, 3.8) is 0 Å². The zero-order valence-electron chi connectivity index (χ0n) is 17.7. The van der Waals surface area contributed by atoms with E-state index in [0.29, 0.717) is 6.10 Å². The van der Waals surface area contributed by atoms with Crippen LogP contribution in [0.15, 0.2) is 24.3 Å². The van der Waals surface area contributed by atoms with Gasteiger partial charge in [0.15, 0.2) is 0 Å². The third kappa shape index (κ3) is 4.36. The zero-order valence-corrected chi connectivity index (χ0v) is 17.7. The first kappa shape index (κ1) is 19.3. The Morgan fingerprint density at radius 2 is 1.52 bits per heavy atom. The van der Waals surface area contributed by atoms with Gasteiger partial charge in [-0.15, -0.1) is 0 Å². The maximum Gasteiger partial charge on any atom is 0.200 e. The highest BCUT2D eigenvalue weighted by molar-refractivity contribution is 5.27. The smallest absolute Gasteiger partial charge is 0.200 e. The Morgan fingerprint density at radius 3 is 2.04 bits per heavy atom. The highest BCUT2D eigenvalue weighted by Crippen LogP contribution is 2.55. The first-order chi connectivity index (χ1) is 13.0. The second-order valence-corrected chi connectivity index (χ2v) is 10.3. The molecule has 27 heavy (non-hydrogen) atoms. The summed E-state index contributed by atoms with van der Waals surface area (Å²) in [5.74, 6) is 4.48. The molecular weight excluding hydrogens is 332 g/mol. The third-order valence-electron chi connectivity index (χ3n) is 7.72. The predicted molar refractivity (Wildman–Crippen MR) is 111 cm³/mol. The molecule has 0 heterocycles. The van der Waals surface area contributed by atoms with Crippen LogP contribution in [0.25, 0.3) is 0 Å². The number of hydrogen-bond donors (Lipinski definition) is 0. The largest absolute Gasteiger partial charge is 0.465 e. The Hall–Kier alpha value is -1.02. The van der Waals surface area contributed by atoms with Crippen molar-refractivity contribution in [3.05, 3.63) is 29.8 Å². The number of ether oxygens (including phenoxy) is 2. The molecule has 1 unspecified atom stereocenters. The molecule has 0 radical (unpaired) electrons. The summed E-state index contributed by atoms with van der Waals surface area (Å²) in [4.78, 5) is 0. The van der Waals surface area contributed by atoms with E-state index in [4.69, 9.17) is 9.47 Å². The van der Waals surface area contributed by atoms with Crippen molar-refractivity contribution < 1.29 is 9.47 Å². The molecule has 5 rings (SSSR count). The van der Waals surface area contributed by atoms with Gasteiger partial charge in [0.2, 0.25) is 6.29 Å². The van der Waals surface area contributed by atoms with Crippen LogP contribution in [-0.2, 0) is 11.2 Å². The van der Waals surface area contributed by atoms with Gasteiger partial charge in [0.05, 0.1) is 6.10 Å². The van der Waals surface area contributed by atoms with Gasteiger partial charge < -0.3 is 9.47 Å². The number of aryl methyl sites for hydroxylation is 1. The van der Waals surface area contributed by atoms with Crippen LogP contribution in [0, 0.1) is 29.1 Å². The topological polar surface area (TPSA) is 18.5 Å². The summed E-state index contributed by atoms with van der Waals surface area (Å²) in [6.07, 6.45) is 10.5. The average molecular weight is 371 g/mol. The molecule has 4 saturated carbocycles. The van der Waals surface area contributed by atoms with Crippen LogP contribution in [0.5, 0.6) is 5.75 Å². The minimum atomic E-state index is -0.130. The molecule has 1 aromatic rings. The van der Waals surface area contributed by atoms with E-state index in [9.17, 15) is 0 Å². The quantitative estimate of drug-likeness (QED) is 0.479. The van der Waals surface area contributed by atoms with Crippen LogP contribution in [-0.4, -0.2) is 12.4 Å². The van der Waals surface area contributed by atoms with Gasteiger partial charge in [0.25, 0.3) is 0 Å². The summed E-state index contributed by atoms with van der Waals surface area (Å²) in [6.45, 7) is 9.14. The Labute approximate surface area is 166 Å². The molecule has 2 nitrogen and oxygen atoms in total. The van der Waals surface area contributed by atoms with Crippen LogP contribution in [0.3, 0.4) is 0 Å². The van der Waals surface area contributed by atoms with Gasteiger partial charge in [-0.1, -0.05) is 46.2 Å². The molecular formula is C25H38O2. The molecule has 4 bridgehead atoms. The molecule has 150 valence electrons. The van der Waals surface area contributed by atoms with E-state index >= 15 is 0 Å². The number of benzene rings is 1. The van der Waals surface area contributed by atoms with Gasteiger partial charge in [-0.3, -0.25) is 0 Å². The monoisotopic (exact) mass is 370 g/mol. The fraction of sp³-hybridized carbons (Fsp3) is 0.760. The minimum Gasteiger partial charge on any atom is -0.465 e. The second-order valence-electron chi connectivity index (χ2n) is 10.3. The number of hydrogen-bond acceptors (Lipinski definition) is 2. The van der Waals surface area contributed by atoms with Crippen molar-refractivity contribution in [1.29, 1.82) is 0 Å². The van der Waals surface area contributed by atoms with E-state index in [1.165, 1.54) is 37.7 Å². The first-order valence-electron chi connectivity index (χ1n) is 11.4. The summed E-state index contributed by atoms with van der Waals surface area (Å²) in [5, 5.41) is 0. The van der Waals surface area contributed by atoms with E-state index in [1.807, 2.05) is 0 Å². The summed E-state index contributed by atoms with van der Waals surface area (Å²) in [7, 11) is 0. The summed E-state index contributed by atoms with van der Waals surface area (Å²) < 4.78 is 13.2. The Balaban J connectivity index is 1.47. The molecule has 1 aromatic carbocycles. The lowest BCUT2D eigenvalue weighted by Crippen LogP contribution is -2.51. The molecule has 0 N–H and O–H groups in total. The van der Waals surface area contributed by atoms with Crippen molar-refractivity contribution in [2.75, 3.05) is 0 Å². The van der Waals surface area contributed by atoms with Gasteiger partial charge in [0.1, 0.15) is 5.75 Å². The van der Waals surface area contributed by atoms with Crippen molar-refractivity contribution in [2.45, 2.75) is 91.5 Å². The van der Waals surface area contributed by atoms with E-state index in [2.05, 4.69) is 52.0 Å². The average Bonchev–Trinajstić information content (AvgIpc) is 2.64. The number of rotatable bonds is 8. The van der Waals surface area contributed by atoms with Gasteiger partial charge in [-0.2, -0.15) is 0 Å². The predicted octanol–water partition coefficient (Wildman–Crippen LogP) is 6.62. The molecule has 0 amide bonds. The molecule has 0 aromatic heterocycles. The van der Waals surface area contributed by atoms with Crippen LogP contribution < -0.4 is 4.74 Å². The van der Waals surface area contributed by atoms with Crippen molar-refractivity contribution in [1.82, 2.24) is 0 Å². The Kier molecular flexibility index (Phi) is 5.56. The van der Waals surface area contributed by atoms with E-state index in [0.717, 1.165) is 48.7 Å². The van der Waals surface area contributed by atoms with E-state index < -0.39 is 0 Å². The lowest BCUT2D eigenvalue weighted by atomic mass is 9.55. The minimum absolute atomic E-state index is 0.130. The molecule has 1 atom stereocenters. The fourth-order valence-electron chi connectivity index (χ4n) is 5.94. The van der Waals surface area contributed by atoms with E-state index in [1.54, 1.807) is 0 Å². The fourth-order valence-corrected chi connectivity index (χ4v) is 5.94. The van der Waals surface area contributed by atoms with Gasteiger partial charge in [-0.05, 0) is 85.3 Å². The van der Waals surface area contributed by atoms with Crippen LogP contribution in [0.4, 0.5) is 0 Å². The standard InChI is InChI=1S/C25H38O2/c1-5-17-7-9-22(10-8-17)26-23(16-25(3,4)6-2)27-24-20-12-18-11-19(14-20)15-21(24)13-18/h7-10,18-21,23-24H,5-6,11-16H2,1-4H3. The Morgan fingerprint density at radius 1 is 0.926 bits per heavy atom. The van der Waals surface area contributed by atoms with Crippen molar-refractivity contribution in [2.24, 2.45) is 29.1 Å². The molecule has 0 aliphatic heterocycles. The van der Waals surface area contributed by atoms with Crippen LogP contribution in [0.2, 0.25) is 0 Å². The summed E-state index contributed by atoms with van der Waals surface area (Å²) in [6, 6.07) is 8.59. The molecule has 4 aliphatic carbocycles. The van der Waals surface area contributed by atoms with Crippen LogP contribution >= 0.6 is 0 Å². The maximum absolute atomic E-state index is 6.80. The van der Waals surface area contributed by atoms with Crippen molar-refractivity contribution in [3.8, 4) is 5.75 Å². The molecule has 4 fully saturated rings. The highest BCUT2D eigenvalue weighted by Gasteiger charge is 2.49. The molecule has 4 aliphatic rings. The van der Waals surface area contributed by atoms with E-state index in [-0.39, 0.29) is 11.7 Å². The van der Waals surface area contributed by atoms with Gasteiger partial charge in [0, 0.05) is 6.42 Å². The zero-order chi connectivity index (χ0) is 19.0. The van der Waals surface area contributed by atoms with Crippen LogP contribution in [0.1, 0.15) is 78.2 Å². The first-order valence-corrected chi connectivity index (χ1v) is 11.4. The SMILES string of the molecule is CCc1ccc(OC(CC(C)(C)CC)OC2C3CC4CC(C3)CC2C4)cc1. The summed E-state index contributed by atoms with van der Waals surface area (Å²) >= 11 is 0. The van der Waals surface area contributed by atoms with Crippen molar-refractivity contribution >= 4 is 0 Å². The summed E-state index contributed by atoms with van der Waals surface area (Å²) in [5.41, 5.74) is 1.59. The Bertz CT molecular complexity index is 590. The molecule has 0 saturated heterocycles. The second kappa shape index (κ2) is 7.78. The lowest BCUT2D eigenvalue weighted by Gasteiger charge is -2.54. The normalized spacial score (nSPS) is 33.3. The molecule has 2 heteroatoms. The van der Waals surface area contributed by atoms with Gasteiger partial charge in [-0.25, -0.2) is 0 Å².